The monoisotopic (exact) mass is 1040 g/mol. The van der Waals surface area contributed by atoms with Gasteiger partial charge in [-0.2, -0.15) is 31.4 Å². The van der Waals surface area contributed by atoms with Crippen LogP contribution in [0.25, 0.3) is 22.6 Å². The normalized spacial score (nSPS) is 15.5. The van der Waals surface area contributed by atoms with E-state index in [1.54, 1.807) is 47.1 Å². The van der Waals surface area contributed by atoms with E-state index in [9.17, 15) is 26.3 Å². The highest BCUT2D eigenvalue weighted by Gasteiger charge is 2.52. The predicted molar refractivity (Wildman–Crippen MR) is 247 cm³/mol. The fourth-order valence-electron chi connectivity index (χ4n) is 5.88. The number of hydrogen-bond acceptors (Lipinski definition) is 8. The third-order valence-electron chi connectivity index (χ3n) is 10.1. The predicted octanol–water partition coefficient (Wildman–Crippen LogP) is 11.4. The van der Waals surface area contributed by atoms with Gasteiger partial charge in [0.15, 0.2) is 12.2 Å². The molecule has 0 bridgehead atoms. The van der Waals surface area contributed by atoms with Gasteiger partial charge in [-0.25, -0.2) is 9.36 Å². The van der Waals surface area contributed by atoms with Gasteiger partial charge in [-0.15, -0.1) is 5.10 Å². The Labute approximate surface area is 391 Å². The first-order valence-corrected chi connectivity index (χ1v) is 21.5. The number of halogens is 9. The molecule has 0 spiro atoms. The highest BCUT2D eigenvalue weighted by molar-refractivity contribution is 14.1. The van der Waals surface area contributed by atoms with Crippen LogP contribution in [0, 0.1) is 3.70 Å². The van der Waals surface area contributed by atoms with Crippen LogP contribution in [0.4, 0.5) is 38.0 Å². The van der Waals surface area contributed by atoms with Crippen molar-refractivity contribution in [3.63, 3.8) is 0 Å². The summed E-state index contributed by atoms with van der Waals surface area (Å²) in [6, 6.07) is 32.7. The lowest BCUT2D eigenvalue weighted by Gasteiger charge is -2.32. The van der Waals surface area contributed by atoms with E-state index >= 15 is 0 Å². The van der Waals surface area contributed by atoms with Crippen LogP contribution in [-0.2, 0) is 32.0 Å². The molecule has 1 fully saturated rings. The molecule has 10 nitrogen and oxygen atoms in total. The summed E-state index contributed by atoms with van der Waals surface area (Å²) < 4.78 is 102. The molecule has 2 aromatic heterocycles. The minimum absolute atomic E-state index is 0.201. The molecular formula is C44H46BCl2F6IN6O4. The molecule has 6 aromatic rings. The van der Waals surface area contributed by atoms with Crippen molar-refractivity contribution in [3.05, 3.63) is 134 Å². The smallest absolute Gasteiger partial charge is 0.399 e. The molecule has 4 aromatic carbocycles. The van der Waals surface area contributed by atoms with Gasteiger partial charge in [0.25, 0.3) is 0 Å². The number of ether oxygens (including phenoxy) is 2. The number of benzene rings is 4. The quantitative estimate of drug-likeness (QED) is 0.0790. The lowest BCUT2D eigenvalue weighted by atomic mass is 9.78. The van der Waals surface area contributed by atoms with Crippen molar-refractivity contribution in [3.8, 4) is 22.6 Å². The van der Waals surface area contributed by atoms with Crippen LogP contribution in [-0.4, -0.2) is 62.4 Å². The highest BCUT2D eigenvalue weighted by Crippen LogP contribution is 2.37. The third-order valence-corrected chi connectivity index (χ3v) is 11.3. The molecule has 0 amide bonds. The molecule has 7 rings (SSSR count). The van der Waals surface area contributed by atoms with Gasteiger partial charge in [0.1, 0.15) is 15.3 Å². The first-order valence-electron chi connectivity index (χ1n) is 19.6. The molecular weight excluding hydrogens is 999 g/mol. The molecule has 1 aliphatic rings. The van der Waals surface area contributed by atoms with E-state index in [2.05, 4.69) is 32.8 Å². The van der Waals surface area contributed by atoms with Gasteiger partial charge in [-0.3, -0.25) is 0 Å². The van der Waals surface area contributed by atoms with E-state index in [-0.39, 0.29) is 13.2 Å². The lowest BCUT2D eigenvalue weighted by Crippen LogP contribution is -2.41. The Balaban J connectivity index is 0.000000191. The van der Waals surface area contributed by atoms with Gasteiger partial charge in [0, 0.05) is 27.7 Å². The van der Waals surface area contributed by atoms with Crippen molar-refractivity contribution in [1.29, 1.82) is 0 Å². The Kier molecular flexibility index (Phi) is 16.6. The van der Waals surface area contributed by atoms with Crippen LogP contribution in [0.3, 0.4) is 0 Å². The molecule has 4 N–H and O–H groups in total. The number of rotatable bonds is 10. The molecule has 1 saturated heterocycles. The maximum Gasteiger partial charge on any atom is 0.494 e. The van der Waals surface area contributed by atoms with Crippen molar-refractivity contribution in [1.82, 2.24) is 19.6 Å². The van der Waals surface area contributed by atoms with E-state index in [4.69, 9.17) is 53.5 Å². The maximum absolute atomic E-state index is 12.6. The zero-order valence-electron chi connectivity index (χ0n) is 35.5. The van der Waals surface area contributed by atoms with E-state index in [0.717, 1.165) is 28.9 Å². The summed E-state index contributed by atoms with van der Waals surface area (Å²) in [5.74, 6) is 0.866. The lowest BCUT2D eigenvalue weighted by molar-refractivity contribution is -0.217. The molecule has 0 radical (unpaired) electrons. The second-order valence-electron chi connectivity index (χ2n) is 15.7. The summed E-state index contributed by atoms with van der Waals surface area (Å²) in [5.41, 5.74) is 15.3. The first kappa shape index (κ1) is 50.7. The number of nitrogen functional groups attached to an aromatic ring is 2. The van der Waals surface area contributed by atoms with Crippen LogP contribution < -0.4 is 16.9 Å². The molecule has 64 heavy (non-hydrogen) atoms. The summed E-state index contributed by atoms with van der Waals surface area (Å²) in [4.78, 5) is 0. The number of nitrogens with two attached hydrogens (primary N) is 2. The standard InChI is InChI=1S/C19H17ClF3N3O.C16H21BClF3O3.C9H8IN3/c1-12(19(21,22)23)27-11-13-7-14(9-15(20)8-13)17-10-18(24)25-26(17)16-5-3-2-4-6-16;1-10(16(19,20)21)22-9-11-6-12(8-13(18)7-11)17-23-14(2,3)15(4,5)24-17;10-8-6-9(11)12-13(8)7-4-2-1-3-5-7/h2-10,12H,11H2,1H3,(H2,24,25);6-8,10H,9H2,1-5H3;1-6H,(H2,11,12)/t12-;10-;/m11./s1. The largest absolute Gasteiger partial charge is 0.494 e. The Morgan fingerprint density at radius 1 is 0.656 bits per heavy atom. The van der Waals surface area contributed by atoms with Crippen LogP contribution in [0.1, 0.15) is 52.7 Å². The third kappa shape index (κ3) is 13.6. The first-order chi connectivity index (χ1) is 29.8. The van der Waals surface area contributed by atoms with Gasteiger partial charge in [0.2, 0.25) is 0 Å². The number of aromatic nitrogens is 4. The minimum atomic E-state index is -4.41. The summed E-state index contributed by atoms with van der Waals surface area (Å²) in [5, 5.41) is 9.23. The van der Waals surface area contributed by atoms with Gasteiger partial charge in [0.05, 0.1) is 41.5 Å². The Bertz CT molecular complexity index is 2460. The van der Waals surface area contributed by atoms with Crippen molar-refractivity contribution in [2.24, 2.45) is 0 Å². The number of alkyl halides is 6. The number of anilines is 2. The number of nitrogens with zero attached hydrogens (tertiary/aromatic N) is 4. The molecule has 3 heterocycles. The molecule has 2 atom stereocenters. The van der Waals surface area contributed by atoms with Gasteiger partial charge in [-0.05, 0) is 135 Å². The maximum atomic E-state index is 12.6. The summed E-state index contributed by atoms with van der Waals surface area (Å²) in [7, 11) is -0.632. The zero-order chi connectivity index (χ0) is 47.2. The van der Waals surface area contributed by atoms with Crippen molar-refractivity contribution in [2.45, 2.75) is 90.5 Å². The van der Waals surface area contributed by atoms with Crippen LogP contribution in [0.2, 0.25) is 10.0 Å². The average Bonchev–Trinajstić information content (AvgIpc) is 3.85. The average molecular weight is 1050 g/mol. The fraction of sp³-hybridized carbons (Fsp3) is 0.318. The molecule has 0 saturated carbocycles. The minimum Gasteiger partial charge on any atom is -0.399 e. The second-order valence-corrected chi connectivity index (χ2v) is 17.6. The van der Waals surface area contributed by atoms with Crippen molar-refractivity contribution < 1.29 is 45.1 Å². The SMILES string of the molecule is C[C@@H](OCc1cc(Cl)cc(-c2cc(N)nn2-c2ccccc2)c1)C(F)(F)F.C[C@@H](OCc1cc(Cl)cc(B2OC(C)(C)C(C)(C)O2)c1)C(F)(F)F.Nc1cc(I)n(-c2ccccc2)n1. The summed E-state index contributed by atoms with van der Waals surface area (Å²) in [6.45, 7) is 9.21. The molecule has 0 unspecified atom stereocenters. The molecule has 1 aliphatic heterocycles. The Hall–Kier alpha value is -4.31. The number of hydrogen-bond donors (Lipinski definition) is 2. The van der Waals surface area contributed by atoms with Crippen molar-refractivity contribution >= 4 is 70.0 Å². The van der Waals surface area contributed by atoms with Crippen LogP contribution in [0.5, 0.6) is 0 Å². The zero-order valence-corrected chi connectivity index (χ0v) is 39.2. The summed E-state index contributed by atoms with van der Waals surface area (Å²) in [6.07, 6.45) is -12.5. The van der Waals surface area contributed by atoms with E-state index < -0.39 is 42.9 Å². The van der Waals surface area contributed by atoms with Gasteiger partial charge in [-0.1, -0.05) is 65.7 Å². The summed E-state index contributed by atoms with van der Waals surface area (Å²) >= 11 is 14.5. The van der Waals surface area contributed by atoms with Crippen LogP contribution in [0.15, 0.2) is 109 Å². The van der Waals surface area contributed by atoms with Gasteiger partial charge >= 0.3 is 19.5 Å². The van der Waals surface area contributed by atoms with E-state index in [1.165, 1.54) is 0 Å². The number of para-hydroxylation sites is 2. The van der Waals surface area contributed by atoms with E-state index in [0.29, 0.717) is 49.5 Å². The fourth-order valence-corrected chi connectivity index (χ4v) is 7.11. The highest BCUT2D eigenvalue weighted by atomic mass is 127. The van der Waals surface area contributed by atoms with E-state index in [1.807, 2.05) is 99.1 Å². The van der Waals surface area contributed by atoms with Crippen molar-refractivity contribution in [2.75, 3.05) is 11.5 Å². The Morgan fingerprint density at radius 2 is 1.09 bits per heavy atom. The molecule has 20 heteroatoms. The molecule has 342 valence electrons. The molecule has 0 aliphatic carbocycles. The topological polar surface area (TPSA) is 125 Å². The Morgan fingerprint density at radius 3 is 1.56 bits per heavy atom. The second kappa shape index (κ2) is 20.9. The van der Waals surface area contributed by atoms with Gasteiger partial charge < -0.3 is 30.2 Å². The van der Waals surface area contributed by atoms with Crippen LogP contribution >= 0.6 is 45.8 Å².